The summed E-state index contributed by atoms with van der Waals surface area (Å²) < 4.78 is 0. The number of hydrogen-bond donors (Lipinski definition) is 4. The summed E-state index contributed by atoms with van der Waals surface area (Å²) >= 11 is 0. The molecule has 0 bridgehead atoms. The highest BCUT2D eigenvalue weighted by Crippen LogP contribution is 2.24. The summed E-state index contributed by atoms with van der Waals surface area (Å²) in [4.78, 5) is 22.1. The van der Waals surface area contributed by atoms with E-state index in [1.54, 1.807) is 0 Å². The molecule has 1 rings (SSSR count). The first-order chi connectivity index (χ1) is 8.00. The lowest BCUT2D eigenvalue weighted by molar-refractivity contribution is -0.118. The fourth-order valence-electron chi connectivity index (χ4n) is 1.18. The van der Waals surface area contributed by atoms with Gasteiger partial charge in [-0.3, -0.25) is 9.59 Å². The van der Waals surface area contributed by atoms with Gasteiger partial charge in [-0.2, -0.15) is 0 Å². The van der Waals surface area contributed by atoms with Gasteiger partial charge in [-0.1, -0.05) is 0 Å². The number of phenolic OH excluding ortho intramolecular Hbond substituents is 2. The zero-order valence-corrected chi connectivity index (χ0v) is 9.36. The first-order valence-electron chi connectivity index (χ1n) is 5.05. The predicted molar refractivity (Wildman–Crippen MR) is 60.8 cm³/mol. The number of rotatable bonds is 4. The minimum Gasteiger partial charge on any atom is -0.504 e. The van der Waals surface area contributed by atoms with Crippen LogP contribution in [0, 0.1) is 0 Å². The maximum Gasteiger partial charge on any atom is 0.251 e. The first-order valence-corrected chi connectivity index (χ1v) is 5.05. The summed E-state index contributed by atoms with van der Waals surface area (Å²) in [5, 5.41) is 23.4. The SMILES string of the molecule is CC(=O)NCCNC(=O)c1ccc(O)c(O)c1. The Labute approximate surface area is 98.3 Å². The van der Waals surface area contributed by atoms with E-state index in [4.69, 9.17) is 5.11 Å². The van der Waals surface area contributed by atoms with E-state index in [0.717, 1.165) is 0 Å². The third-order valence-corrected chi connectivity index (χ3v) is 2.02. The van der Waals surface area contributed by atoms with Gasteiger partial charge in [0.2, 0.25) is 5.91 Å². The van der Waals surface area contributed by atoms with Crippen LogP contribution in [-0.2, 0) is 4.79 Å². The molecule has 0 saturated carbocycles. The van der Waals surface area contributed by atoms with Crippen molar-refractivity contribution in [2.45, 2.75) is 6.92 Å². The molecule has 17 heavy (non-hydrogen) atoms. The van der Waals surface area contributed by atoms with Crippen molar-refractivity contribution in [3.63, 3.8) is 0 Å². The van der Waals surface area contributed by atoms with E-state index in [9.17, 15) is 14.7 Å². The highest BCUT2D eigenvalue weighted by Gasteiger charge is 2.07. The number of carbonyl (C=O) groups is 2. The number of amides is 2. The molecule has 0 aliphatic heterocycles. The van der Waals surface area contributed by atoms with Gasteiger partial charge >= 0.3 is 0 Å². The van der Waals surface area contributed by atoms with Gasteiger partial charge in [0.1, 0.15) is 0 Å². The molecule has 0 unspecified atom stereocenters. The van der Waals surface area contributed by atoms with Crippen molar-refractivity contribution < 1.29 is 19.8 Å². The molecule has 4 N–H and O–H groups in total. The lowest BCUT2D eigenvalue weighted by atomic mass is 10.2. The second kappa shape index (κ2) is 5.74. The highest BCUT2D eigenvalue weighted by atomic mass is 16.3. The Morgan fingerprint density at radius 1 is 1.12 bits per heavy atom. The largest absolute Gasteiger partial charge is 0.504 e. The van der Waals surface area contributed by atoms with E-state index >= 15 is 0 Å². The minimum atomic E-state index is -0.384. The standard InChI is InChI=1S/C11H14N2O4/c1-7(14)12-4-5-13-11(17)8-2-3-9(15)10(16)6-8/h2-3,6,15-16H,4-5H2,1H3,(H,12,14)(H,13,17). The molecule has 0 saturated heterocycles. The lowest BCUT2D eigenvalue weighted by Crippen LogP contribution is -2.33. The smallest absolute Gasteiger partial charge is 0.251 e. The normalized spacial score (nSPS) is 9.71. The summed E-state index contributed by atoms with van der Waals surface area (Å²) in [6.45, 7) is 2.02. The fourth-order valence-corrected chi connectivity index (χ4v) is 1.18. The molecule has 0 fully saturated rings. The molecule has 0 aliphatic carbocycles. The Morgan fingerprint density at radius 2 is 1.76 bits per heavy atom. The van der Waals surface area contributed by atoms with Crippen molar-refractivity contribution in [3.8, 4) is 11.5 Å². The van der Waals surface area contributed by atoms with Crippen molar-refractivity contribution in [1.29, 1.82) is 0 Å². The van der Waals surface area contributed by atoms with Crippen LogP contribution in [0.25, 0.3) is 0 Å². The second-order valence-corrected chi connectivity index (χ2v) is 3.44. The maximum atomic E-state index is 11.5. The van der Waals surface area contributed by atoms with Crippen molar-refractivity contribution in [2.24, 2.45) is 0 Å². The molecule has 1 aromatic rings. The first kappa shape index (κ1) is 12.8. The molecule has 92 valence electrons. The van der Waals surface area contributed by atoms with Crippen LogP contribution in [0.15, 0.2) is 18.2 Å². The van der Waals surface area contributed by atoms with Crippen molar-refractivity contribution in [3.05, 3.63) is 23.8 Å². The maximum absolute atomic E-state index is 11.5. The molecule has 2 amide bonds. The Bertz CT molecular complexity index is 431. The molecule has 0 aromatic heterocycles. The molecular formula is C11H14N2O4. The van der Waals surface area contributed by atoms with Gasteiger partial charge in [-0.05, 0) is 18.2 Å². The zero-order chi connectivity index (χ0) is 12.8. The summed E-state index contributed by atoms with van der Waals surface area (Å²) in [6.07, 6.45) is 0. The van der Waals surface area contributed by atoms with Crippen LogP contribution in [-0.4, -0.2) is 35.1 Å². The van der Waals surface area contributed by atoms with Crippen LogP contribution in [0.4, 0.5) is 0 Å². The van der Waals surface area contributed by atoms with E-state index in [-0.39, 0.29) is 28.9 Å². The zero-order valence-electron chi connectivity index (χ0n) is 9.36. The van der Waals surface area contributed by atoms with E-state index in [2.05, 4.69) is 10.6 Å². The van der Waals surface area contributed by atoms with Crippen LogP contribution >= 0.6 is 0 Å². The monoisotopic (exact) mass is 238 g/mol. The summed E-state index contributed by atoms with van der Waals surface area (Å²) in [5.74, 6) is -1.17. The Morgan fingerprint density at radius 3 is 2.35 bits per heavy atom. The van der Waals surface area contributed by atoms with E-state index in [0.29, 0.717) is 13.1 Å². The topological polar surface area (TPSA) is 98.7 Å². The summed E-state index contributed by atoms with van der Waals surface area (Å²) in [7, 11) is 0. The Kier molecular flexibility index (Phi) is 4.33. The van der Waals surface area contributed by atoms with Gasteiger partial charge in [-0.25, -0.2) is 0 Å². The molecular weight excluding hydrogens is 224 g/mol. The third-order valence-electron chi connectivity index (χ3n) is 2.02. The molecule has 0 atom stereocenters. The van der Waals surface area contributed by atoms with E-state index in [1.807, 2.05) is 0 Å². The average Bonchev–Trinajstić information content (AvgIpc) is 2.27. The predicted octanol–water partition coefficient (Wildman–Crippen LogP) is -0.0363. The molecule has 0 radical (unpaired) electrons. The fraction of sp³-hybridized carbons (Fsp3) is 0.273. The van der Waals surface area contributed by atoms with Crippen molar-refractivity contribution in [1.82, 2.24) is 10.6 Å². The number of phenols is 2. The minimum absolute atomic E-state index is 0.165. The van der Waals surface area contributed by atoms with Crippen LogP contribution < -0.4 is 10.6 Å². The molecule has 1 aromatic carbocycles. The highest BCUT2D eigenvalue weighted by molar-refractivity contribution is 5.94. The van der Waals surface area contributed by atoms with Crippen LogP contribution in [0.2, 0.25) is 0 Å². The summed E-state index contributed by atoms with van der Waals surface area (Å²) in [5.41, 5.74) is 0.239. The van der Waals surface area contributed by atoms with Crippen LogP contribution in [0.5, 0.6) is 11.5 Å². The molecule has 6 heteroatoms. The quantitative estimate of drug-likeness (QED) is 0.437. The van der Waals surface area contributed by atoms with Gasteiger partial charge in [-0.15, -0.1) is 0 Å². The van der Waals surface area contributed by atoms with Crippen molar-refractivity contribution in [2.75, 3.05) is 13.1 Å². The third kappa shape index (κ3) is 4.02. The number of nitrogens with one attached hydrogen (secondary N) is 2. The van der Waals surface area contributed by atoms with Crippen molar-refractivity contribution >= 4 is 11.8 Å². The lowest BCUT2D eigenvalue weighted by Gasteiger charge is -2.06. The van der Waals surface area contributed by atoms with Gasteiger partial charge in [0, 0.05) is 25.6 Å². The van der Waals surface area contributed by atoms with Gasteiger partial charge < -0.3 is 20.8 Å². The van der Waals surface area contributed by atoms with Crippen LogP contribution in [0.1, 0.15) is 17.3 Å². The second-order valence-electron chi connectivity index (χ2n) is 3.44. The Balaban J connectivity index is 2.47. The van der Waals surface area contributed by atoms with E-state index in [1.165, 1.54) is 25.1 Å². The number of benzene rings is 1. The Hall–Kier alpha value is -2.24. The number of carbonyl (C=O) groups excluding carboxylic acids is 2. The van der Waals surface area contributed by atoms with Gasteiger partial charge in [0.15, 0.2) is 11.5 Å². The number of aromatic hydroxyl groups is 2. The average molecular weight is 238 g/mol. The molecule has 0 heterocycles. The van der Waals surface area contributed by atoms with Gasteiger partial charge in [0.25, 0.3) is 5.91 Å². The van der Waals surface area contributed by atoms with Crippen LogP contribution in [0.3, 0.4) is 0 Å². The summed E-state index contributed by atoms with van der Waals surface area (Å²) in [6, 6.07) is 3.80. The molecule has 0 spiro atoms. The molecule has 6 nitrogen and oxygen atoms in total. The van der Waals surface area contributed by atoms with Gasteiger partial charge in [0.05, 0.1) is 0 Å². The number of hydrogen-bond acceptors (Lipinski definition) is 4. The van der Waals surface area contributed by atoms with E-state index < -0.39 is 0 Å². The molecule has 0 aliphatic rings.